The van der Waals surface area contributed by atoms with Gasteiger partial charge in [-0.05, 0) is 54.1 Å². The Morgan fingerprint density at radius 3 is 2.62 bits per heavy atom. The third kappa shape index (κ3) is 7.28. The molecule has 0 aliphatic heterocycles. The molecule has 1 amide bonds. The zero-order valence-corrected chi connectivity index (χ0v) is 21.5. The smallest absolute Gasteiger partial charge is 0.255 e. The number of aliphatic hydroxyl groups excluding tert-OH is 1. The van der Waals surface area contributed by atoms with Crippen molar-refractivity contribution in [2.45, 2.75) is 18.0 Å². The van der Waals surface area contributed by atoms with Crippen molar-refractivity contribution < 1.29 is 23.1 Å². The molecule has 3 aromatic rings. The highest BCUT2D eigenvalue weighted by Crippen LogP contribution is 2.27. The summed E-state index contributed by atoms with van der Waals surface area (Å²) in [5.41, 5.74) is 2.45. The Morgan fingerprint density at radius 1 is 1.12 bits per heavy atom. The molecule has 0 aliphatic carbocycles. The van der Waals surface area contributed by atoms with Gasteiger partial charge in [-0.15, -0.1) is 0 Å². The standard InChI is InChI=1S/C24H24BrClN2O5S/c1-34(31,32)20-6-7-22(21(26)13-20)28-24(30)17-4-2-3-16(11-17)15-33-23-8-5-19(25)12-18(23)14-27-9-10-29/h2-8,11-13,27,29H,9-10,14-15H2,1H3,(H,28,30). The Morgan fingerprint density at radius 2 is 1.91 bits per heavy atom. The van der Waals surface area contributed by atoms with E-state index in [0.29, 0.717) is 30.1 Å². The number of sulfone groups is 1. The summed E-state index contributed by atoms with van der Waals surface area (Å²) in [7, 11) is -3.40. The van der Waals surface area contributed by atoms with Crippen molar-refractivity contribution in [3.63, 3.8) is 0 Å². The first-order valence-electron chi connectivity index (χ1n) is 10.3. The van der Waals surface area contributed by atoms with E-state index in [1.165, 1.54) is 18.2 Å². The molecule has 0 saturated heterocycles. The first kappa shape index (κ1) is 26.2. The summed E-state index contributed by atoms with van der Waals surface area (Å²) in [6.45, 7) is 1.31. The Balaban J connectivity index is 1.69. The topological polar surface area (TPSA) is 105 Å². The van der Waals surface area contributed by atoms with Crippen LogP contribution < -0.4 is 15.4 Å². The maximum atomic E-state index is 12.8. The summed E-state index contributed by atoms with van der Waals surface area (Å²) >= 11 is 9.62. The van der Waals surface area contributed by atoms with Crippen LogP contribution in [-0.4, -0.2) is 38.8 Å². The van der Waals surface area contributed by atoms with Crippen LogP contribution in [0, 0.1) is 0 Å². The van der Waals surface area contributed by atoms with Crippen LogP contribution in [0.25, 0.3) is 0 Å². The molecular formula is C24H24BrClN2O5S. The van der Waals surface area contributed by atoms with Gasteiger partial charge in [0.25, 0.3) is 5.91 Å². The monoisotopic (exact) mass is 566 g/mol. The number of hydrogen-bond acceptors (Lipinski definition) is 6. The van der Waals surface area contributed by atoms with Crippen LogP contribution in [0.4, 0.5) is 5.69 Å². The molecule has 0 unspecified atom stereocenters. The molecular weight excluding hydrogens is 544 g/mol. The summed E-state index contributed by atoms with van der Waals surface area (Å²) in [6.07, 6.45) is 1.09. The number of rotatable bonds is 10. The van der Waals surface area contributed by atoms with Gasteiger partial charge in [0.05, 0.1) is 22.2 Å². The second-order valence-electron chi connectivity index (χ2n) is 7.51. The summed E-state index contributed by atoms with van der Waals surface area (Å²) < 4.78 is 30.3. The fraction of sp³-hybridized carbons (Fsp3) is 0.208. The van der Waals surface area contributed by atoms with Crippen molar-refractivity contribution in [2.75, 3.05) is 24.7 Å². The minimum absolute atomic E-state index is 0.0477. The number of aliphatic hydroxyl groups is 1. The molecule has 7 nitrogen and oxygen atoms in total. The molecule has 0 atom stereocenters. The lowest BCUT2D eigenvalue weighted by atomic mass is 10.1. The van der Waals surface area contributed by atoms with Gasteiger partial charge in [-0.2, -0.15) is 0 Å². The molecule has 0 heterocycles. The SMILES string of the molecule is CS(=O)(=O)c1ccc(NC(=O)c2cccc(COc3ccc(Br)cc3CNCCO)c2)c(Cl)c1. The van der Waals surface area contributed by atoms with Gasteiger partial charge >= 0.3 is 0 Å². The molecule has 0 spiro atoms. The maximum Gasteiger partial charge on any atom is 0.255 e. The molecule has 0 bridgehead atoms. The molecule has 0 aliphatic rings. The van der Waals surface area contributed by atoms with Crippen LogP contribution in [0.2, 0.25) is 5.02 Å². The summed E-state index contributed by atoms with van der Waals surface area (Å²) in [6, 6.07) is 16.9. The highest BCUT2D eigenvalue weighted by molar-refractivity contribution is 9.10. The number of benzene rings is 3. The van der Waals surface area contributed by atoms with E-state index >= 15 is 0 Å². The van der Waals surface area contributed by atoms with Crippen LogP contribution in [0.5, 0.6) is 5.75 Å². The number of ether oxygens (including phenoxy) is 1. The number of nitrogens with one attached hydrogen (secondary N) is 2. The minimum atomic E-state index is -3.40. The number of hydrogen-bond donors (Lipinski definition) is 3. The van der Waals surface area contributed by atoms with E-state index in [1.54, 1.807) is 18.2 Å². The Bertz CT molecular complexity index is 1280. The van der Waals surface area contributed by atoms with E-state index in [4.69, 9.17) is 21.4 Å². The van der Waals surface area contributed by atoms with E-state index in [0.717, 1.165) is 21.9 Å². The normalized spacial score (nSPS) is 11.3. The first-order valence-corrected chi connectivity index (χ1v) is 13.4. The number of halogens is 2. The number of amides is 1. The maximum absolute atomic E-state index is 12.8. The molecule has 0 aromatic heterocycles. The molecule has 3 aromatic carbocycles. The van der Waals surface area contributed by atoms with Crippen molar-refractivity contribution in [3.8, 4) is 5.75 Å². The Kier molecular flexibility index (Phi) is 9.10. The Hall–Kier alpha value is -2.43. The quantitative estimate of drug-likeness (QED) is 0.313. The van der Waals surface area contributed by atoms with Crippen molar-refractivity contribution in [1.82, 2.24) is 5.32 Å². The molecule has 3 N–H and O–H groups in total. The zero-order valence-electron chi connectivity index (χ0n) is 18.3. The zero-order chi connectivity index (χ0) is 24.7. The Labute approximate surface area is 212 Å². The largest absolute Gasteiger partial charge is 0.489 e. The molecule has 10 heteroatoms. The molecule has 0 saturated carbocycles. The first-order chi connectivity index (χ1) is 16.2. The minimum Gasteiger partial charge on any atom is -0.489 e. The van der Waals surface area contributed by atoms with Gasteiger partial charge in [0.1, 0.15) is 12.4 Å². The predicted octanol–water partition coefficient (Wildman–Crippen LogP) is 4.42. The number of carbonyl (C=O) groups is 1. The van der Waals surface area contributed by atoms with Gasteiger partial charge in [-0.3, -0.25) is 4.79 Å². The third-order valence-corrected chi connectivity index (χ3v) is 6.74. The van der Waals surface area contributed by atoms with Gasteiger partial charge in [0.15, 0.2) is 9.84 Å². The molecule has 0 fully saturated rings. The van der Waals surface area contributed by atoms with Crippen molar-refractivity contribution in [2.24, 2.45) is 0 Å². The second kappa shape index (κ2) is 11.8. The molecule has 3 rings (SSSR count). The molecule has 180 valence electrons. The van der Waals surface area contributed by atoms with Gasteiger partial charge in [0, 0.05) is 34.9 Å². The van der Waals surface area contributed by atoms with E-state index in [1.807, 2.05) is 24.3 Å². The van der Waals surface area contributed by atoms with Gasteiger partial charge in [-0.25, -0.2) is 8.42 Å². The number of anilines is 1. The third-order valence-electron chi connectivity index (χ3n) is 4.83. The van der Waals surface area contributed by atoms with Gasteiger partial charge in [0.2, 0.25) is 0 Å². The van der Waals surface area contributed by atoms with E-state index in [9.17, 15) is 13.2 Å². The fourth-order valence-electron chi connectivity index (χ4n) is 3.11. The van der Waals surface area contributed by atoms with Gasteiger partial charge in [-0.1, -0.05) is 39.7 Å². The van der Waals surface area contributed by atoms with Gasteiger partial charge < -0.3 is 20.5 Å². The average molecular weight is 568 g/mol. The summed E-state index contributed by atoms with van der Waals surface area (Å²) in [5, 5.41) is 15.0. The fourth-order valence-corrected chi connectivity index (χ4v) is 4.46. The van der Waals surface area contributed by atoms with Crippen molar-refractivity contribution >= 4 is 49.0 Å². The van der Waals surface area contributed by atoms with Crippen molar-refractivity contribution in [1.29, 1.82) is 0 Å². The molecule has 34 heavy (non-hydrogen) atoms. The van der Waals surface area contributed by atoms with E-state index in [2.05, 4.69) is 26.6 Å². The van der Waals surface area contributed by atoms with Crippen LogP contribution in [0.3, 0.4) is 0 Å². The average Bonchev–Trinajstić information content (AvgIpc) is 2.79. The highest BCUT2D eigenvalue weighted by atomic mass is 79.9. The second-order valence-corrected chi connectivity index (χ2v) is 10.8. The van der Waals surface area contributed by atoms with Crippen LogP contribution >= 0.6 is 27.5 Å². The number of carbonyl (C=O) groups excluding carboxylic acids is 1. The van der Waals surface area contributed by atoms with Crippen LogP contribution in [-0.2, 0) is 23.0 Å². The summed E-state index contributed by atoms with van der Waals surface area (Å²) in [5.74, 6) is 0.314. The molecule has 0 radical (unpaired) electrons. The van der Waals surface area contributed by atoms with E-state index < -0.39 is 9.84 Å². The van der Waals surface area contributed by atoms with Crippen LogP contribution in [0.1, 0.15) is 21.5 Å². The van der Waals surface area contributed by atoms with Crippen molar-refractivity contribution in [3.05, 3.63) is 86.8 Å². The summed E-state index contributed by atoms with van der Waals surface area (Å²) in [4.78, 5) is 12.8. The lowest BCUT2D eigenvalue weighted by Gasteiger charge is -2.13. The lowest BCUT2D eigenvalue weighted by molar-refractivity contribution is 0.102. The highest BCUT2D eigenvalue weighted by Gasteiger charge is 2.13. The van der Waals surface area contributed by atoms with Crippen LogP contribution in [0.15, 0.2) is 70.0 Å². The van der Waals surface area contributed by atoms with E-state index in [-0.39, 0.29) is 29.0 Å². The lowest BCUT2D eigenvalue weighted by Crippen LogP contribution is -2.18. The predicted molar refractivity (Wildman–Crippen MR) is 136 cm³/mol.